The van der Waals surface area contributed by atoms with Crippen LogP contribution in [0.3, 0.4) is 0 Å². The summed E-state index contributed by atoms with van der Waals surface area (Å²) in [6.07, 6.45) is 0. The molecule has 2 aromatic carbocycles. The maximum Gasteiger partial charge on any atom is -0.0398 e. The fraction of sp³-hybridized carbons (Fsp3) is 0.0667. The molecule has 0 radical (unpaired) electrons. The molecule has 0 atom stereocenters. The van der Waals surface area contributed by atoms with E-state index in [1.54, 1.807) is 0 Å². The molecule has 15 heavy (non-hydrogen) atoms. The maximum atomic E-state index is 3.00. The summed E-state index contributed by atoms with van der Waals surface area (Å²) in [5.74, 6) is 0. The van der Waals surface area contributed by atoms with Crippen molar-refractivity contribution < 1.29 is 0 Å². The lowest BCUT2D eigenvalue weighted by atomic mass is 10.2. The highest BCUT2D eigenvalue weighted by Crippen LogP contribution is 1.92. The number of hydrogen-bond acceptors (Lipinski definition) is 0. The lowest BCUT2D eigenvalue weighted by Gasteiger charge is -1.82. The van der Waals surface area contributed by atoms with Crippen LogP contribution in [0, 0.1) is 6.92 Å². The Morgan fingerprint density at radius 2 is 0.867 bits per heavy atom. The molecule has 0 nitrogen and oxygen atoms in total. The second-order valence-corrected chi connectivity index (χ2v) is 2.81. The summed E-state index contributed by atoms with van der Waals surface area (Å²) in [5, 5.41) is 0. The van der Waals surface area contributed by atoms with E-state index in [0.29, 0.717) is 0 Å². The molecule has 0 saturated heterocycles. The van der Waals surface area contributed by atoms with E-state index in [9.17, 15) is 0 Å². The van der Waals surface area contributed by atoms with E-state index in [4.69, 9.17) is 0 Å². The quantitative estimate of drug-likeness (QED) is 0.547. The number of benzene rings is 2. The Morgan fingerprint density at radius 3 is 1.07 bits per heavy atom. The highest BCUT2D eigenvalue weighted by molar-refractivity contribution is 5.11. The third kappa shape index (κ3) is 8.51. The Morgan fingerprint density at radius 1 is 0.600 bits per heavy atom. The lowest BCUT2D eigenvalue weighted by Crippen LogP contribution is -1.62. The first-order valence-corrected chi connectivity index (χ1v) is 4.91. The molecule has 0 amide bonds. The van der Waals surface area contributed by atoms with Gasteiger partial charge in [-0.25, -0.2) is 0 Å². The summed E-state index contributed by atoms with van der Waals surface area (Å²) in [6, 6.07) is 22.3. The van der Waals surface area contributed by atoms with Gasteiger partial charge < -0.3 is 0 Å². The average molecular weight is 198 g/mol. The summed E-state index contributed by atoms with van der Waals surface area (Å²) in [5.41, 5.74) is 1.32. The summed E-state index contributed by atoms with van der Waals surface area (Å²) in [7, 11) is 0. The lowest BCUT2D eigenvalue weighted by molar-refractivity contribution is 1.48. The van der Waals surface area contributed by atoms with Crippen LogP contribution in [0.2, 0.25) is 0 Å². The minimum absolute atomic E-state index is 1.32. The molecule has 0 fully saturated rings. The second kappa shape index (κ2) is 10.3. The predicted octanol–water partition coefficient (Wildman–Crippen LogP) is 4.48. The van der Waals surface area contributed by atoms with E-state index in [0.717, 1.165) is 0 Å². The van der Waals surface area contributed by atoms with Crippen molar-refractivity contribution in [2.45, 2.75) is 6.92 Å². The fourth-order valence-corrected chi connectivity index (χ4v) is 0.919. The number of aryl methyl sites for hydroxylation is 1. The van der Waals surface area contributed by atoms with Crippen LogP contribution in [0.1, 0.15) is 5.56 Å². The van der Waals surface area contributed by atoms with Gasteiger partial charge in [0.05, 0.1) is 0 Å². The Kier molecular flexibility index (Phi) is 9.02. The van der Waals surface area contributed by atoms with E-state index in [1.165, 1.54) is 5.56 Å². The third-order valence-electron chi connectivity index (χ3n) is 1.61. The minimum atomic E-state index is 1.32. The maximum absolute atomic E-state index is 3.00. The van der Waals surface area contributed by atoms with Crippen LogP contribution < -0.4 is 0 Å². The molecule has 0 spiro atoms. The van der Waals surface area contributed by atoms with Crippen LogP contribution in [0.5, 0.6) is 0 Å². The van der Waals surface area contributed by atoms with Crippen LogP contribution in [-0.2, 0) is 0 Å². The molecule has 0 saturated carbocycles. The minimum Gasteiger partial charge on any atom is -0.106 e. The first-order valence-electron chi connectivity index (χ1n) is 4.91. The van der Waals surface area contributed by atoms with Crippen LogP contribution in [0.15, 0.2) is 79.9 Å². The van der Waals surface area contributed by atoms with E-state index >= 15 is 0 Å². The topological polar surface area (TPSA) is 0 Å². The molecule has 0 unspecified atom stereocenters. The van der Waals surface area contributed by atoms with Crippen molar-refractivity contribution >= 4 is 0 Å². The van der Waals surface area contributed by atoms with Crippen LogP contribution in [0.4, 0.5) is 0 Å². The average Bonchev–Trinajstić information content (AvgIpc) is 2.36. The molecule has 0 N–H and O–H groups in total. The molecule has 78 valence electrons. The highest BCUT2D eigenvalue weighted by Gasteiger charge is 1.72. The van der Waals surface area contributed by atoms with Crippen molar-refractivity contribution in [2.24, 2.45) is 0 Å². The van der Waals surface area contributed by atoms with Gasteiger partial charge >= 0.3 is 0 Å². The van der Waals surface area contributed by atoms with Gasteiger partial charge in [-0.2, -0.15) is 0 Å². The van der Waals surface area contributed by atoms with Gasteiger partial charge in [0.25, 0.3) is 0 Å². The van der Waals surface area contributed by atoms with Crippen molar-refractivity contribution in [2.75, 3.05) is 0 Å². The molecule has 0 aliphatic heterocycles. The molecular formula is C15H18. The van der Waals surface area contributed by atoms with Crippen molar-refractivity contribution in [1.29, 1.82) is 0 Å². The van der Waals surface area contributed by atoms with Crippen molar-refractivity contribution in [3.8, 4) is 0 Å². The van der Waals surface area contributed by atoms with Gasteiger partial charge in [-0.3, -0.25) is 0 Å². The SMILES string of the molecule is C=C.Cc1ccccc1.c1ccccc1. The fourth-order valence-electron chi connectivity index (χ4n) is 0.919. The monoisotopic (exact) mass is 198 g/mol. The molecule has 0 aliphatic rings. The van der Waals surface area contributed by atoms with E-state index in [1.807, 2.05) is 54.6 Å². The molecule has 0 aliphatic carbocycles. The normalized spacial score (nSPS) is 7.53. The van der Waals surface area contributed by atoms with E-state index in [2.05, 4.69) is 32.2 Å². The Labute approximate surface area is 92.9 Å². The highest BCUT2D eigenvalue weighted by atomic mass is 13.8. The smallest absolute Gasteiger partial charge is 0.0398 e. The Hall–Kier alpha value is -1.82. The van der Waals surface area contributed by atoms with Crippen molar-refractivity contribution in [1.82, 2.24) is 0 Å². The number of hydrogen-bond donors (Lipinski definition) is 0. The summed E-state index contributed by atoms with van der Waals surface area (Å²) in [4.78, 5) is 0. The summed E-state index contributed by atoms with van der Waals surface area (Å²) in [6.45, 7) is 8.08. The van der Waals surface area contributed by atoms with Gasteiger partial charge in [-0.1, -0.05) is 72.3 Å². The Bertz CT molecular complexity index is 284. The molecule has 0 heteroatoms. The van der Waals surface area contributed by atoms with Crippen LogP contribution in [0.25, 0.3) is 0 Å². The molecular weight excluding hydrogens is 180 g/mol. The largest absolute Gasteiger partial charge is 0.106 e. The number of rotatable bonds is 0. The first-order chi connectivity index (χ1) is 7.39. The summed E-state index contributed by atoms with van der Waals surface area (Å²) >= 11 is 0. The van der Waals surface area contributed by atoms with Gasteiger partial charge in [-0.15, -0.1) is 13.2 Å². The van der Waals surface area contributed by atoms with Gasteiger partial charge in [0.1, 0.15) is 0 Å². The van der Waals surface area contributed by atoms with Crippen LogP contribution in [-0.4, -0.2) is 0 Å². The molecule has 0 heterocycles. The molecule has 2 aromatic rings. The summed E-state index contributed by atoms with van der Waals surface area (Å²) < 4.78 is 0. The van der Waals surface area contributed by atoms with Gasteiger partial charge in [0, 0.05) is 0 Å². The standard InChI is InChI=1S/C7H8.C6H6.C2H4/c1-7-5-3-2-4-6-7;1-2-4-6-5-3-1;1-2/h2-6H,1H3;1-6H;1-2H2. The van der Waals surface area contributed by atoms with E-state index < -0.39 is 0 Å². The van der Waals surface area contributed by atoms with Gasteiger partial charge in [0.15, 0.2) is 0 Å². The molecule has 0 bridgehead atoms. The Balaban J connectivity index is 0.000000227. The van der Waals surface area contributed by atoms with Gasteiger partial charge in [0.2, 0.25) is 0 Å². The first kappa shape index (κ1) is 13.2. The van der Waals surface area contributed by atoms with Crippen molar-refractivity contribution in [3.63, 3.8) is 0 Å². The zero-order valence-corrected chi connectivity index (χ0v) is 9.27. The zero-order chi connectivity index (χ0) is 11.4. The molecule has 2 rings (SSSR count). The van der Waals surface area contributed by atoms with Crippen LogP contribution >= 0.6 is 0 Å². The predicted molar refractivity (Wildman–Crippen MR) is 68.9 cm³/mol. The zero-order valence-electron chi connectivity index (χ0n) is 9.27. The third-order valence-corrected chi connectivity index (χ3v) is 1.61. The van der Waals surface area contributed by atoms with Gasteiger partial charge in [-0.05, 0) is 6.92 Å². The second-order valence-electron chi connectivity index (χ2n) is 2.81. The van der Waals surface area contributed by atoms with E-state index in [-0.39, 0.29) is 0 Å². The molecule has 0 aromatic heterocycles. The van der Waals surface area contributed by atoms with Crippen molar-refractivity contribution in [3.05, 3.63) is 85.5 Å².